The van der Waals surface area contributed by atoms with E-state index in [2.05, 4.69) is 13.8 Å². The summed E-state index contributed by atoms with van der Waals surface area (Å²) in [5, 5.41) is 9.52. The Morgan fingerprint density at radius 2 is 2.00 bits per heavy atom. The summed E-state index contributed by atoms with van der Waals surface area (Å²) in [6.07, 6.45) is 1.73. The summed E-state index contributed by atoms with van der Waals surface area (Å²) < 4.78 is 12.9. The van der Waals surface area contributed by atoms with Crippen molar-refractivity contribution >= 4 is 0 Å². The Morgan fingerprint density at radius 3 is 2.60 bits per heavy atom. The Labute approximate surface area is 89.9 Å². The predicted octanol–water partition coefficient (Wildman–Crippen LogP) is 2.97. The van der Waals surface area contributed by atoms with Gasteiger partial charge in [0.2, 0.25) is 0 Å². The van der Waals surface area contributed by atoms with Gasteiger partial charge in [-0.25, -0.2) is 4.39 Å². The van der Waals surface area contributed by atoms with Crippen LogP contribution in [0.3, 0.4) is 0 Å². The van der Waals surface area contributed by atoms with Gasteiger partial charge in [-0.3, -0.25) is 0 Å². The van der Waals surface area contributed by atoms with Crippen molar-refractivity contribution < 1.29 is 9.50 Å². The molecular formula is C12H18FNO. The molecule has 0 radical (unpaired) electrons. The van der Waals surface area contributed by atoms with Gasteiger partial charge in [-0.05, 0) is 37.0 Å². The minimum Gasteiger partial charge on any atom is -0.508 e. The lowest BCUT2D eigenvalue weighted by molar-refractivity contribution is 0.445. The monoisotopic (exact) mass is 211 g/mol. The van der Waals surface area contributed by atoms with Gasteiger partial charge in [0, 0.05) is 11.6 Å². The quantitative estimate of drug-likeness (QED) is 0.804. The lowest BCUT2D eigenvalue weighted by atomic mass is 9.98. The van der Waals surface area contributed by atoms with Crippen molar-refractivity contribution in [3.05, 3.63) is 29.6 Å². The Bertz CT molecular complexity index is 325. The fourth-order valence-corrected chi connectivity index (χ4v) is 1.49. The number of hydrogen-bond donors (Lipinski definition) is 2. The molecule has 1 rings (SSSR count). The van der Waals surface area contributed by atoms with E-state index in [1.807, 2.05) is 0 Å². The van der Waals surface area contributed by atoms with Crippen molar-refractivity contribution in [1.29, 1.82) is 0 Å². The number of phenolic OH excluding ortho intramolecular Hbond substituents is 1. The Balaban J connectivity index is 2.72. The van der Waals surface area contributed by atoms with Crippen LogP contribution in [0.2, 0.25) is 0 Å². The average molecular weight is 211 g/mol. The minimum absolute atomic E-state index is 0.0765. The summed E-state index contributed by atoms with van der Waals surface area (Å²) in [5.41, 5.74) is 6.38. The van der Waals surface area contributed by atoms with E-state index in [0.29, 0.717) is 11.5 Å². The van der Waals surface area contributed by atoms with Crippen LogP contribution in [0.1, 0.15) is 38.3 Å². The predicted molar refractivity (Wildman–Crippen MR) is 59.1 cm³/mol. The highest BCUT2D eigenvalue weighted by Gasteiger charge is 2.12. The molecule has 0 saturated heterocycles. The van der Waals surface area contributed by atoms with E-state index >= 15 is 0 Å². The summed E-state index contributed by atoms with van der Waals surface area (Å²) in [6, 6.07) is 3.59. The molecule has 0 aliphatic heterocycles. The molecule has 1 atom stereocenters. The summed E-state index contributed by atoms with van der Waals surface area (Å²) in [5.74, 6) is 0.280. The zero-order valence-electron chi connectivity index (χ0n) is 9.20. The smallest absolute Gasteiger partial charge is 0.123 e. The molecule has 0 unspecified atom stereocenters. The van der Waals surface area contributed by atoms with Crippen LogP contribution in [-0.2, 0) is 0 Å². The van der Waals surface area contributed by atoms with E-state index in [-0.39, 0.29) is 17.6 Å². The second kappa shape index (κ2) is 5.12. The molecule has 0 spiro atoms. The second-order valence-corrected chi connectivity index (χ2v) is 4.28. The average Bonchev–Trinajstić information content (AvgIpc) is 2.18. The third-order valence-electron chi connectivity index (χ3n) is 2.44. The molecule has 0 aliphatic rings. The SMILES string of the molecule is CC(C)CC[C@H](N)c1cc(F)ccc1O. The number of aromatic hydroxyl groups is 1. The Hall–Kier alpha value is -1.09. The van der Waals surface area contributed by atoms with Gasteiger partial charge < -0.3 is 10.8 Å². The molecular weight excluding hydrogens is 193 g/mol. The summed E-state index contributed by atoms with van der Waals surface area (Å²) in [6.45, 7) is 4.22. The third kappa shape index (κ3) is 3.51. The maximum atomic E-state index is 12.9. The molecule has 0 saturated carbocycles. The molecule has 0 bridgehead atoms. The Morgan fingerprint density at radius 1 is 1.33 bits per heavy atom. The molecule has 0 heterocycles. The van der Waals surface area contributed by atoms with Crippen LogP contribution < -0.4 is 5.73 Å². The molecule has 1 aromatic carbocycles. The standard InChI is InChI=1S/C12H18FNO/c1-8(2)3-5-11(14)10-7-9(13)4-6-12(10)15/h4,6-8,11,15H,3,5,14H2,1-2H3/t11-/m0/s1. The van der Waals surface area contributed by atoms with E-state index in [1.54, 1.807) is 0 Å². The molecule has 0 aliphatic carbocycles. The first kappa shape index (κ1) is 12.0. The van der Waals surface area contributed by atoms with E-state index in [1.165, 1.54) is 18.2 Å². The van der Waals surface area contributed by atoms with Gasteiger partial charge in [-0.1, -0.05) is 13.8 Å². The molecule has 0 aromatic heterocycles. The van der Waals surface area contributed by atoms with Crippen LogP contribution in [0, 0.1) is 11.7 Å². The highest BCUT2D eigenvalue weighted by Crippen LogP contribution is 2.27. The van der Waals surface area contributed by atoms with Crippen LogP contribution in [0.4, 0.5) is 4.39 Å². The summed E-state index contributed by atoms with van der Waals surface area (Å²) >= 11 is 0. The van der Waals surface area contributed by atoms with Crippen molar-refractivity contribution in [3.63, 3.8) is 0 Å². The maximum absolute atomic E-state index is 12.9. The molecule has 3 N–H and O–H groups in total. The van der Waals surface area contributed by atoms with Gasteiger partial charge in [0.1, 0.15) is 11.6 Å². The molecule has 15 heavy (non-hydrogen) atoms. The second-order valence-electron chi connectivity index (χ2n) is 4.28. The highest BCUT2D eigenvalue weighted by molar-refractivity contribution is 5.34. The summed E-state index contributed by atoms with van der Waals surface area (Å²) in [7, 11) is 0. The fraction of sp³-hybridized carbons (Fsp3) is 0.500. The van der Waals surface area contributed by atoms with Crippen LogP contribution >= 0.6 is 0 Å². The molecule has 84 valence electrons. The third-order valence-corrected chi connectivity index (χ3v) is 2.44. The molecule has 3 heteroatoms. The molecule has 0 amide bonds. The van der Waals surface area contributed by atoms with Crippen molar-refractivity contribution in [2.24, 2.45) is 11.7 Å². The van der Waals surface area contributed by atoms with Crippen LogP contribution in [0.25, 0.3) is 0 Å². The van der Waals surface area contributed by atoms with Crippen LogP contribution in [0.5, 0.6) is 5.75 Å². The number of rotatable bonds is 4. The topological polar surface area (TPSA) is 46.2 Å². The normalized spacial score (nSPS) is 13.1. The van der Waals surface area contributed by atoms with E-state index < -0.39 is 0 Å². The minimum atomic E-state index is -0.359. The largest absolute Gasteiger partial charge is 0.508 e. The van der Waals surface area contributed by atoms with Gasteiger partial charge in [-0.2, -0.15) is 0 Å². The van der Waals surface area contributed by atoms with Crippen molar-refractivity contribution in [1.82, 2.24) is 0 Å². The first-order valence-corrected chi connectivity index (χ1v) is 5.24. The number of nitrogens with two attached hydrogens (primary N) is 1. The number of hydrogen-bond acceptors (Lipinski definition) is 2. The molecule has 0 fully saturated rings. The first-order valence-electron chi connectivity index (χ1n) is 5.24. The van der Waals surface area contributed by atoms with E-state index in [9.17, 15) is 9.50 Å². The zero-order valence-corrected chi connectivity index (χ0v) is 9.20. The van der Waals surface area contributed by atoms with Gasteiger partial charge in [0.15, 0.2) is 0 Å². The van der Waals surface area contributed by atoms with Gasteiger partial charge in [0.05, 0.1) is 0 Å². The Kier molecular flexibility index (Phi) is 4.09. The summed E-state index contributed by atoms with van der Waals surface area (Å²) in [4.78, 5) is 0. The molecule has 2 nitrogen and oxygen atoms in total. The van der Waals surface area contributed by atoms with Gasteiger partial charge >= 0.3 is 0 Å². The first-order chi connectivity index (χ1) is 7.00. The fourth-order valence-electron chi connectivity index (χ4n) is 1.49. The van der Waals surface area contributed by atoms with Gasteiger partial charge in [0.25, 0.3) is 0 Å². The number of phenols is 1. The van der Waals surface area contributed by atoms with Crippen molar-refractivity contribution in [2.75, 3.05) is 0 Å². The van der Waals surface area contributed by atoms with Crippen molar-refractivity contribution in [2.45, 2.75) is 32.7 Å². The lowest BCUT2D eigenvalue weighted by Crippen LogP contribution is -2.11. The van der Waals surface area contributed by atoms with E-state index in [4.69, 9.17) is 5.73 Å². The van der Waals surface area contributed by atoms with Crippen molar-refractivity contribution in [3.8, 4) is 5.75 Å². The maximum Gasteiger partial charge on any atom is 0.123 e. The van der Waals surface area contributed by atoms with Crippen LogP contribution in [-0.4, -0.2) is 5.11 Å². The van der Waals surface area contributed by atoms with Gasteiger partial charge in [-0.15, -0.1) is 0 Å². The highest BCUT2D eigenvalue weighted by atomic mass is 19.1. The number of halogens is 1. The zero-order chi connectivity index (χ0) is 11.4. The molecule has 1 aromatic rings. The number of benzene rings is 1. The lowest BCUT2D eigenvalue weighted by Gasteiger charge is -2.14. The van der Waals surface area contributed by atoms with E-state index in [0.717, 1.165) is 12.8 Å². The van der Waals surface area contributed by atoms with Crippen LogP contribution in [0.15, 0.2) is 18.2 Å².